The van der Waals surface area contributed by atoms with Crippen LogP contribution in [0.25, 0.3) is 33.4 Å². The molecule has 0 bridgehead atoms. The summed E-state index contributed by atoms with van der Waals surface area (Å²) in [4.78, 5) is 21.6. The SMILES string of the molecule is COc1ccccc1-c1n[nH]c2ncc(-c3ccc(C(=O)N4CCN(C)CC4)cc3)cc12. The second-order valence-electron chi connectivity index (χ2n) is 8.07. The van der Waals surface area contributed by atoms with Crippen molar-refractivity contribution in [2.75, 3.05) is 40.3 Å². The molecule has 2 aromatic carbocycles. The summed E-state index contributed by atoms with van der Waals surface area (Å²) < 4.78 is 5.51. The number of pyridine rings is 1. The molecule has 1 fully saturated rings. The fourth-order valence-corrected chi connectivity index (χ4v) is 4.10. The summed E-state index contributed by atoms with van der Waals surface area (Å²) in [5.41, 5.74) is 5.11. The number of carbonyl (C=O) groups is 1. The van der Waals surface area contributed by atoms with Gasteiger partial charge in [0, 0.05) is 54.5 Å². The molecule has 1 aliphatic rings. The summed E-state index contributed by atoms with van der Waals surface area (Å²) in [5, 5.41) is 8.41. The summed E-state index contributed by atoms with van der Waals surface area (Å²) >= 11 is 0. The monoisotopic (exact) mass is 427 g/mol. The van der Waals surface area contributed by atoms with Crippen molar-refractivity contribution >= 4 is 16.9 Å². The molecule has 0 saturated carbocycles. The lowest BCUT2D eigenvalue weighted by Gasteiger charge is -2.32. The number of aromatic amines is 1. The largest absolute Gasteiger partial charge is 0.496 e. The van der Waals surface area contributed by atoms with Crippen LogP contribution in [0.4, 0.5) is 0 Å². The summed E-state index contributed by atoms with van der Waals surface area (Å²) in [7, 11) is 3.74. The molecule has 32 heavy (non-hydrogen) atoms. The Morgan fingerprint density at radius 1 is 1.00 bits per heavy atom. The third kappa shape index (κ3) is 3.71. The number of piperazine rings is 1. The number of fused-ring (bicyclic) bond motifs is 1. The van der Waals surface area contributed by atoms with E-state index in [4.69, 9.17) is 4.74 Å². The number of likely N-dealkylation sites (N-methyl/N-ethyl adjacent to an activating group) is 1. The molecule has 1 amide bonds. The van der Waals surface area contributed by atoms with Crippen LogP contribution in [-0.2, 0) is 0 Å². The number of nitrogens with zero attached hydrogens (tertiary/aromatic N) is 4. The molecule has 7 nitrogen and oxygen atoms in total. The first-order valence-electron chi connectivity index (χ1n) is 10.7. The zero-order valence-corrected chi connectivity index (χ0v) is 18.2. The maximum absolute atomic E-state index is 12.8. The van der Waals surface area contributed by atoms with Gasteiger partial charge in [0.2, 0.25) is 0 Å². The van der Waals surface area contributed by atoms with Crippen LogP contribution in [0, 0.1) is 0 Å². The van der Waals surface area contributed by atoms with Gasteiger partial charge in [0.1, 0.15) is 11.4 Å². The Morgan fingerprint density at radius 2 is 1.75 bits per heavy atom. The lowest BCUT2D eigenvalue weighted by molar-refractivity contribution is 0.0664. The number of hydrogen-bond acceptors (Lipinski definition) is 5. The number of aromatic nitrogens is 3. The minimum atomic E-state index is 0.0894. The fourth-order valence-electron chi connectivity index (χ4n) is 4.10. The molecule has 1 saturated heterocycles. The molecule has 0 atom stereocenters. The van der Waals surface area contributed by atoms with E-state index in [0.717, 1.165) is 65.3 Å². The second-order valence-corrected chi connectivity index (χ2v) is 8.07. The summed E-state index contributed by atoms with van der Waals surface area (Å²) in [6.45, 7) is 3.36. The molecule has 0 radical (unpaired) electrons. The number of methoxy groups -OCH3 is 1. The van der Waals surface area contributed by atoms with Gasteiger partial charge in [-0.15, -0.1) is 0 Å². The first-order chi connectivity index (χ1) is 15.6. The van der Waals surface area contributed by atoms with Crippen molar-refractivity contribution in [3.8, 4) is 28.1 Å². The number of hydrogen-bond donors (Lipinski definition) is 1. The van der Waals surface area contributed by atoms with Crippen molar-refractivity contribution in [1.82, 2.24) is 25.0 Å². The Hall–Kier alpha value is -3.71. The van der Waals surface area contributed by atoms with Crippen LogP contribution in [0.15, 0.2) is 60.8 Å². The van der Waals surface area contributed by atoms with Gasteiger partial charge in [-0.05, 0) is 42.9 Å². The van der Waals surface area contributed by atoms with E-state index in [1.807, 2.05) is 59.6 Å². The average Bonchev–Trinajstić information content (AvgIpc) is 3.27. The minimum Gasteiger partial charge on any atom is -0.496 e. The Balaban J connectivity index is 1.44. The van der Waals surface area contributed by atoms with Crippen molar-refractivity contribution in [2.24, 2.45) is 0 Å². The van der Waals surface area contributed by atoms with Crippen LogP contribution in [0.5, 0.6) is 5.75 Å². The van der Waals surface area contributed by atoms with Gasteiger partial charge in [0.25, 0.3) is 5.91 Å². The van der Waals surface area contributed by atoms with Crippen molar-refractivity contribution in [3.05, 3.63) is 66.4 Å². The average molecular weight is 428 g/mol. The number of benzene rings is 2. The van der Waals surface area contributed by atoms with Crippen molar-refractivity contribution in [2.45, 2.75) is 0 Å². The zero-order chi connectivity index (χ0) is 22.1. The highest BCUT2D eigenvalue weighted by Gasteiger charge is 2.20. The number of amides is 1. The zero-order valence-electron chi connectivity index (χ0n) is 18.2. The van der Waals surface area contributed by atoms with Gasteiger partial charge in [0.15, 0.2) is 5.65 Å². The Kier molecular flexibility index (Phi) is 5.33. The molecular formula is C25H25N5O2. The summed E-state index contributed by atoms with van der Waals surface area (Å²) in [5.74, 6) is 0.851. The lowest BCUT2D eigenvalue weighted by atomic mass is 10.0. The minimum absolute atomic E-state index is 0.0894. The van der Waals surface area contributed by atoms with Gasteiger partial charge in [-0.25, -0.2) is 4.98 Å². The molecule has 7 heteroatoms. The van der Waals surface area contributed by atoms with Gasteiger partial charge in [-0.1, -0.05) is 24.3 Å². The molecule has 162 valence electrons. The van der Waals surface area contributed by atoms with Gasteiger partial charge in [0.05, 0.1) is 7.11 Å². The van der Waals surface area contributed by atoms with Crippen LogP contribution in [0.1, 0.15) is 10.4 Å². The second kappa shape index (κ2) is 8.43. The third-order valence-corrected chi connectivity index (χ3v) is 6.03. The predicted molar refractivity (Wildman–Crippen MR) is 125 cm³/mol. The summed E-state index contributed by atoms with van der Waals surface area (Å²) in [6.07, 6.45) is 1.82. The molecular weight excluding hydrogens is 402 g/mol. The van der Waals surface area contributed by atoms with E-state index in [0.29, 0.717) is 5.56 Å². The van der Waals surface area contributed by atoms with Crippen molar-refractivity contribution in [1.29, 1.82) is 0 Å². The van der Waals surface area contributed by atoms with Crippen LogP contribution < -0.4 is 4.74 Å². The maximum Gasteiger partial charge on any atom is 0.253 e. The molecule has 4 aromatic rings. The van der Waals surface area contributed by atoms with E-state index in [1.54, 1.807) is 7.11 Å². The van der Waals surface area contributed by atoms with Crippen molar-refractivity contribution in [3.63, 3.8) is 0 Å². The Bertz CT molecular complexity index is 1260. The molecule has 1 N–H and O–H groups in total. The van der Waals surface area contributed by atoms with Crippen LogP contribution in [-0.4, -0.2) is 71.2 Å². The lowest BCUT2D eigenvalue weighted by Crippen LogP contribution is -2.47. The number of ether oxygens (including phenoxy) is 1. The number of para-hydroxylation sites is 1. The fraction of sp³-hybridized carbons (Fsp3) is 0.240. The maximum atomic E-state index is 12.8. The van der Waals surface area contributed by atoms with Gasteiger partial charge in [-0.2, -0.15) is 5.10 Å². The summed E-state index contributed by atoms with van der Waals surface area (Å²) in [6, 6.07) is 17.6. The van der Waals surface area contributed by atoms with E-state index < -0.39 is 0 Å². The van der Waals surface area contributed by atoms with E-state index in [9.17, 15) is 4.79 Å². The Labute approximate surface area is 186 Å². The first-order valence-corrected chi connectivity index (χ1v) is 10.7. The first kappa shape index (κ1) is 20.2. The third-order valence-electron chi connectivity index (χ3n) is 6.03. The molecule has 0 aliphatic carbocycles. The molecule has 3 heterocycles. The number of carbonyl (C=O) groups excluding carboxylic acids is 1. The predicted octanol–water partition coefficient (Wildman–Crippen LogP) is 3.69. The molecule has 1 aliphatic heterocycles. The number of rotatable bonds is 4. The normalized spacial score (nSPS) is 14.6. The van der Waals surface area contributed by atoms with Gasteiger partial charge in [-0.3, -0.25) is 9.89 Å². The van der Waals surface area contributed by atoms with Crippen LogP contribution in [0.2, 0.25) is 0 Å². The topological polar surface area (TPSA) is 74.3 Å². The highest BCUT2D eigenvalue weighted by molar-refractivity contribution is 5.96. The highest BCUT2D eigenvalue weighted by Crippen LogP contribution is 2.34. The van der Waals surface area contributed by atoms with E-state index in [2.05, 4.69) is 33.2 Å². The van der Waals surface area contributed by atoms with E-state index in [1.165, 1.54) is 0 Å². The quantitative estimate of drug-likeness (QED) is 0.538. The number of nitrogens with one attached hydrogen (secondary N) is 1. The molecule has 5 rings (SSSR count). The molecule has 0 unspecified atom stereocenters. The number of H-pyrrole nitrogens is 1. The van der Waals surface area contributed by atoms with Gasteiger partial charge < -0.3 is 14.5 Å². The standard InChI is InChI=1S/C25H25N5O2/c1-29-11-13-30(14-12-29)25(31)18-9-7-17(8-10-18)19-15-21-23(27-28-24(21)26-16-19)20-5-3-4-6-22(20)32-2/h3-10,15-16H,11-14H2,1-2H3,(H,26,27,28). The molecule has 2 aromatic heterocycles. The van der Waals surface area contributed by atoms with Crippen LogP contribution in [0.3, 0.4) is 0 Å². The van der Waals surface area contributed by atoms with E-state index >= 15 is 0 Å². The van der Waals surface area contributed by atoms with E-state index in [-0.39, 0.29) is 5.91 Å². The van der Waals surface area contributed by atoms with Crippen LogP contribution >= 0.6 is 0 Å². The van der Waals surface area contributed by atoms with Gasteiger partial charge >= 0.3 is 0 Å². The van der Waals surface area contributed by atoms with Crippen molar-refractivity contribution < 1.29 is 9.53 Å². The smallest absolute Gasteiger partial charge is 0.253 e. The highest BCUT2D eigenvalue weighted by atomic mass is 16.5. The molecule has 0 spiro atoms. The Morgan fingerprint density at radius 3 is 2.50 bits per heavy atom.